The van der Waals surface area contributed by atoms with E-state index in [2.05, 4.69) is 48.1 Å². The molecule has 0 bridgehead atoms. The Morgan fingerprint density at radius 2 is 2.14 bits per heavy atom. The number of fused-ring (bicyclic) bond motifs is 1. The molecule has 2 aromatic heterocycles. The van der Waals surface area contributed by atoms with E-state index in [1.165, 1.54) is 29.9 Å². The molecule has 1 N–H and O–H groups in total. The Bertz CT molecular complexity index is 632. The topological polar surface area (TPSA) is 47.7 Å². The SMILES string of the molecule is Cn1cc(CNC[C@@H]2CCCn3cc(C(C)(C)C)nc32)cn1. The fourth-order valence-corrected chi connectivity index (χ4v) is 3.08. The second-order valence-electron chi connectivity index (χ2n) is 7.42. The molecule has 1 aliphatic rings. The predicted molar refractivity (Wildman–Crippen MR) is 87.8 cm³/mol. The summed E-state index contributed by atoms with van der Waals surface area (Å²) in [5, 5.41) is 7.78. The van der Waals surface area contributed by atoms with Crippen molar-refractivity contribution in [3.63, 3.8) is 0 Å². The minimum atomic E-state index is 0.123. The molecule has 0 radical (unpaired) electrons. The maximum atomic E-state index is 4.94. The van der Waals surface area contributed by atoms with Gasteiger partial charge in [0.2, 0.25) is 0 Å². The van der Waals surface area contributed by atoms with Gasteiger partial charge >= 0.3 is 0 Å². The number of aryl methyl sites for hydroxylation is 2. The van der Waals surface area contributed by atoms with E-state index < -0.39 is 0 Å². The highest BCUT2D eigenvalue weighted by atomic mass is 15.2. The van der Waals surface area contributed by atoms with Gasteiger partial charge in [0.1, 0.15) is 5.82 Å². The number of rotatable bonds is 4. The first-order valence-corrected chi connectivity index (χ1v) is 8.19. The summed E-state index contributed by atoms with van der Waals surface area (Å²) >= 11 is 0. The molecule has 0 amide bonds. The molecule has 0 aliphatic carbocycles. The molecule has 1 aliphatic heterocycles. The summed E-state index contributed by atoms with van der Waals surface area (Å²) in [6.07, 6.45) is 8.70. The lowest BCUT2D eigenvalue weighted by molar-refractivity contribution is 0.422. The van der Waals surface area contributed by atoms with Crippen LogP contribution in [-0.2, 0) is 25.6 Å². The minimum absolute atomic E-state index is 0.123. The van der Waals surface area contributed by atoms with Gasteiger partial charge in [0.05, 0.1) is 11.9 Å². The normalized spacial score (nSPS) is 18.5. The van der Waals surface area contributed by atoms with Crippen LogP contribution in [0.2, 0.25) is 0 Å². The third-order valence-corrected chi connectivity index (χ3v) is 4.37. The van der Waals surface area contributed by atoms with Crippen molar-refractivity contribution in [2.75, 3.05) is 6.54 Å². The molecule has 0 spiro atoms. The van der Waals surface area contributed by atoms with Gasteiger partial charge in [0.25, 0.3) is 0 Å². The molecule has 5 nitrogen and oxygen atoms in total. The largest absolute Gasteiger partial charge is 0.334 e. The van der Waals surface area contributed by atoms with Crippen LogP contribution in [0.3, 0.4) is 0 Å². The van der Waals surface area contributed by atoms with Gasteiger partial charge in [-0.15, -0.1) is 0 Å². The van der Waals surface area contributed by atoms with Crippen LogP contribution in [-0.4, -0.2) is 25.9 Å². The summed E-state index contributed by atoms with van der Waals surface area (Å²) in [6, 6.07) is 0. The lowest BCUT2D eigenvalue weighted by Crippen LogP contribution is -2.26. The molecule has 3 rings (SSSR count). The van der Waals surface area contributed by atoms with Crippen molar-refractivity contribution in [2.24, 2.45) is 7.05 Å². The van der Waals surface area contributed by atoms with Crippen LogP contribution < -0.4 is 5.32 Å². The van der Waals surface area contributed by atoms with Crippen LogP contribution in [0.25, 0.3) is 0 Å². The Labute approximate surface area is 132 Å². The third-order valence-electron chi connectivity index (χ3n) is 4.37. The number of aromatic nitrogens is 4. The highest BCUT2D eigenvalue weighted by Gasteiger charge is 2.26. The molecule has 5 heteroatoms. The van der Waals surface area contributed by atoms with E-state index in [0.29, 0.717) is 5.92 Å². The first-order valence-electron chi connectivity index (χ1n) is 8.19. The predicted octanol–water partition coefficient (Wildman–Crippen LogP) is 2.58. The van der Waals surface area contributed by atoms with Gasteiger partial charge in [0, 0.05) is 56.0 Å². The van der Waals surface area contributed by atoms with E-state index in [1.54, 1.807) is 0 Å². The van der Waals surface area contributed by atoms with Crippen molar-refractivity contribution in [3.05, 3.63) is 35.7 Å². The van der Waals surface area contributed by atoms with E-state index in [1.807, 2.05) is 17.9 Å². The Balaban J connectivity index is 1.65. The average Bonchev–Trinajstić information content (AvgIpc) is 3.05. The lowest BCUT2D eigenvalue weighted by atomic mass is 9.93. The molecule has 2 aromatic rings. The van der Waals surface area contributed by atoms with Crippen LogP contribution >= 0.6 is 0 Å². The maximum Gasteiger partial charge on any atom is 0.113 e. The number of hydrogen-bond donors (Lipinski definition) is 1. The second-order valence-corrected chi connectivity index (χ2v) is 7.42. The standard InChI is InChI=1S/C17H27N5/c1-17(2,3)15-12-22-7-5-6-14(16(22)20-15)10-18-8-13-9-19-21(4)11-13/h9,11-12,14,18H,5-8,10H2,1-4H3/t14-/m0/s1. The molecule has 0 fully saturated rings. The molecule has 0 unspecified atom stereocenters. The van der Waals surface area contributed by atoms with E-state index in [9.17, 15) is 0 Å². The van der Waals surface area contributed by atoms with Crippen molar-refractivity contribution < 1.29 is 0 Å². The second kappa shape index (κ2) is 5.88. The van der Waals surface area contributed by atoms with Crippen LogP contribution in [0.1, 0.15) is 56.6 Å². The highest BCUT2D eigenvalue weighted by Crippen LogP contribution is 2.30. The zero-order valence-electron chi connectivity index (χ0n) is 14.1. The first kappa shape index (κ1) is 15.3. The molecular weight excluding hydrogens is 274 g/mol. The monoisotopic (exact) mass is 301 g/mol. The van der Waals surface area contributed by atoms with Crippen LogP contribution in [0, 0.1) is 0 Å². The molecule has 0 saturated heterocycles. The van der Waals surface area contributed by atoms with Crippen LogP contribution in [0.5, 0.6) is 0 Å². The van der Waals surface area contributed by atoms with Crippen molar-refractivity contribution in [1.82, 2.24) is 24.6 Å². The van der Waals surface area contributed by atoms with E-state index in [-0.39, 0.29) is 5.41 Å². The molecule has 0 saturated carbocycles. The number of imidazole rings is 1. The van der Waals surface area contributed by atoms with Gasteiger partial charge in [-0.1, -0.05) is 20.8 Å². The summed E-state index contributed by atoms with van der Waals surface area (Å²) in [5.41, 5.74) is 2.57. The number of hydrogen-bond acceptors (Lipinski definition) is 3. The molecule has 120 valence electrons. The molecule has 22 heavy (non-hydrogen) atoms. The highest BCUT2D eigenvalue weighted by molar-refractivity contribution is 5.17. The molecule has 0 aromatic carbocycles. The zero-order chi connectivity index (χ0) is 15.7. The van der Waals surface area contributed by atoms with Gasteiger partial charge in [0.15, 0.2) is 0 Å². The van der Waals surface area contributed by atoms with Gasteiger partial charge < -0.3 is 9.88 Å². The van der Waals surface area contributed by atoms with Crippen LogP contribution in [0.4, 0.5) is 0 Å². The smallest absolute Gasteiger partial charge is 0.113 e. The van der Waals surface area contributed by atoms with Gasteiger partial charge in [-0.25, -0.2) is 4.98 Å². The van der Waals surface area contributed by atoms with Crippen molar-refractivity contribution in [1.29, 1.82) is 0 Å². The number of nitrogens with one attached hydrogen (secondary N) is 1. The quantitative estimate of drug-likeness (QED) is 0.944. The fraction of sp³-hybridized carbons (Fsp3) is 0.647. The van der Waals surface area contributed by atoms with E-state index in [4.69, 9.17) is 4.98 Å². The van der Waals surface area contributed by atoms with Crippen molar-refractivity contribution in [2.45, 2.75) is 58.0 Å². The van der Waals surface area contributed by atoms with Crippen molar-refractivity contribution in [3.8, 4) is 0 Å². The average molecular weight is 301 g/mol. The molecular formula is C17H27N5. The van der Waals surface area contributed by atoms with E-state index >= 15 is 0 Å². The number of nitrogens with zero attached hydrogens (tertiary/aromatic N) is 4. The van der Waals surface area contributed by atoms with E-state index in [0.717, 1.165) is 19.6 Å². The fourth-order valence-electron chi connectivity index (χ4n) is 3.08. The summed E-state index contributed by atoms with van der Waals surface area (Å²) in [7, 11) is 1.95. The molecule has 1 atom stereocenters. The van der Waals surface area contributed by atoms with Crippen LogP contribution in [0.15, 0.2) is 18.6 Å². The summed E-state index contributed by atoms with van der Waals surface area (Å²) < 4.78 is 4.21. The minimum Gasteiger partial charge on any atom is -0.334 e. The maximum absolute atomic E-state index is 4.94. The Morgan fingerprint density at radius 1 is 1.32 bits per heavy atom. The Hall–Kier alpha value is -1.62. The van der Waals surface area contributed by atoms with Gasteiger partial charge in [-0.05, 0) is 12.8 Å². The van der Waals surface area contributed by atoms with Crippen molar-refractivity contribution >= 4 is 0 Å². The zero-order valence-corrected chi connectivity index (χ0v) is 14.1. The third kappa shape index (κ3) is 3.24. The summed E-state index contributed by atoms with van der Waals surface area (Å²) in [6.45, 7) is 9.66. The lowest BCUT2D eigenvalue weighted by Gasteiger charge is -2.23. The first-order chi connectivity index (χ1) is 10.4. The summed E-state index contributed by atoms with van der Waals surface area (Å²) in [4.78, 5) is 4.94. The van der Waals surface area contributed by atoms with Gasteiger partial charge in [-0.2, -0.15) is 5.10 Å². The summed E-state index contributed by atoms with van der Waals surface area (Å²) in [5.74, 6) is 1.77. The molecule has 3 heterocycles. The van der Waals surface area contributed by atoms with Gasteiger partial charge in [-0.3, -0.25) is 4.68 Å². The Kier molecular flexibility index (Phi) is 4.08. The Morgan fingerprint density at radius 3 is 2.82 bits per heavy atom.